The molecule has 2 N–H and O–H groups in total. The number of nitrogens with one attached hydrogen (secondary N) is 2. The minimum atomic E-state index is 0.596. The maximum atomic E-state index is 3.56. The molecule has 18 heavy (non-hydrogen) atoms. The van der Waals surface area contributed by atoms with Crippen molar-refractivity contribution in [3.8, 4) is 0 Å². The van der Waals surface area contributed by atoms with Crippen molar-refractivity contribution >= 4 is 0 Å². The summed E-state index contributed by atoms with van der Waals surface area (Å²) in [6.45, 7) is 6.87. The summed E-state index contributed by atoms with van der Waals surface area (Å²) in [4.78, 5) is 2.53. The Bertz CT molecular complexity index is 362. The molecular weight excluding hydrogens is 222 g/mol. The number of rotatable bonds is 3. The quantitative estimate of drug-likeness (QED) is 0.845. The third-order valence-electron chi connectivity index (χ3n) is 4.06. The summed E-state index contributed by atoms with van der Waals surface area (Å²) in [6.07, 6.45) is 2.60. The van der Waals surface area contributed by atoms with E-state index in [2.05, 4.69) is 39.8 Å². The van der Waals surface area contributed by atoms with Crippen LogP contribution in [0.25, 0.3) is 0 Å². The van der Waals surface area contributed by atoms with Crippen LogP contribution in [0.1, 0.15) is 30.0 Å². The largest absolute Gasteiger partial charge is 0.314 e. The van der Waals surface area contributed by atoms with Gasteiger partial charge < -0.3 is 10.6 Å². The van der Waals surface area contributed by atoms with Crippen molar-refractivity contribution in [3.63, 3.8) is 0 Å². The molecule has 2 fully saturated rings. The molecule has 98 valence electrons. The molecule has 2 aliphatic heterocycles. The van der Waals surface area contributed by atoms with Crippen molar-refractivity contribution in [2.24, 2.45) is 0 Å². The lowest BCUT2D eigenvalue weighted by molar-refractivity contribution is 0.233. The fraction of sp³-hybridized carbons (Fsp3) is 0.600. The maximum Gasteiger partial charge on any atom is 0.0320 e. The Kier molecular flexibility index (Phi) is 3.93. The second kappa shape index (κ2) is 5.83. The van der Waals surface area contributed by atoms with E-state index in [1.54, 1.807) is 0 Å². The van der Waals surface area contributed by atoms with Crippen LogP contribution in [0.2, 0.25) is 0 Å². The van der Waals surface area contributed by atoms with Crippen molar-refractivity contribution in [3.05, 3.63) is 35.4 Å². The molecule has 1 aromatic carbocycles. The van der Waals surface area contributed by atoms with E-state index >= 15 is 0 Å². The highest BCUT2D eigenvalue weighted by atomic mass is 15.2. The maximum absolute atomic E-state index is 3.56. The van der Waals surface area contributed by atoms with Crippen LogP contribution in [0, 0.1) is 0 Å². The van der Waals surface area contributed by atoms with E-state index in [0.717, 1.165) is 19.6 Å². The summed E-state index contributed by atoms with van der Waals surface area (Å²) in [6, 6.07) is 9.81. The normalized spacial score (nSPS) is 25.4. The molecule has 0 bridgehead atoms. The predicted molar refractivity (Wildman–Crippen MR) is 74.6 cm³/mol. The zero-order chi connectivity index (χ0) is 12.2. The monoisotopic (exact) mass is 245 g/mol. The van der Waals surface area contributed by atoms with Gasteiger partial charge in [-0.3, -0.25) is 4.90 Å². The molecule has 3 nitrogen and oxygen atoms in total. The Morgan fingerprint density at radius 3 is 2.50 bits per heavy atom. The molecule has 3 heteroatoms. The average molecular weight is 245 g/mol. The van der Waals surface area contributed by atoms with Gasteiger partial charge in [-0.2, -0.15) is 0 Å². The van der Waals surface area contributed by atoms with Gasteiger partial charge in [0.05, 0.1) is 0 Å². The van der Waals surface area contributed by atoms with Crippen LogP contribution in [0.5, 0.6) is 0 Å². The van der Waals surface area contributed by atoms with Crippen molar-refractivity contribution in [2.45, 2.75) is 25.4 Å². The lowest BCUT2D eigenvalue weighted by atomic mass is 10.0. The minimum absolute atomic E-state index is 0.596. The van der Waals surface area contributed by atoms with Crippen LogP contribution in [0.4, 0.5) is 0 Å². The van der Waals surface area contributed by atoms with E-state index in [1.165, 1.54) is 43.6 Å². The van der Waals surface area contributed by atoms with Gasteiger partial charge in [-0.25, -0.2) is 0 Å². The Hall–Kier alpha value is -0.900. The molecule has 1 aromatic rings. The molecule has 1 unspecified atom stereocenters. The molecule has 3 rings (SSSR count). The van der Waals surface area contributed by atoms with Crippen LogP contribution in [0.3, 0.4) is 0 Å². The lowest BCUT2D eigenvalue weighted by Crippen LogP contribution is -2.42. The molecule has 0 aromatic heterocycles. The van der Waals surface area contributed by atoms with Gasteiger partial charge >= 0.3 is 0 Å². The second-order valence-corrected chi connectivity index (χ2v) is 5.42. The third kappa shape index (κ3) is 2.91. The number of benzene rings is 1. The van der Waals surface area contributed by atoms with Crippen LogP contribution in [-0.4, -0.2) is 37.6 Å². The van der Waals surface area contributed by atoms with Gasteiger partial charge in [0.15, 0.2) is 0 Å². The van der Waals surface area contributed by atoms with Crippen molar-refractivity contribution in [2.75, 3.05) is 32.7 Å². The summed E-state index contributed by atoms with van der Waals surface area (Å²) < 4.78 is 0. The molecule has 1 atom stereocenters. The predicted octanol–water partition coefficient (Wildman–Crippen LogP) is 1.52. The van der Waals surface area contributed by atoms with E-state index in [1.807, 2.05) is 0 Å². The van der Waals surface area contributed by atoms with Gasteiger partial charge in [0.25, 0.3) is 0 Å². The van der Waals surface area contributed by atoms with Crippen molar-refractivity contribution < 1.29 is 0 Å². The van der Waals surface area contributed by atoms with Gasteiger partial charge in [0.1, 0.15) is 0 Å². The van der Waals surface area contributed by atoms with Gasteiger partial charge in [-0.15, -0.1) is 0 Å². The summed E-state index contributed by atoms with van der Waals surface area (Å²) in [5, 5.41) is 6.95. The fourth-order valence-corrected chi connectivity index (χ4v) is 2.95. The SMILES string of the molecule is c1cc(C2CCCN2)ccc1CN1CCNCC1. The van der Waals surface area contributed by atoms with Crippen LogP contribution in [0.15, 0.2) is 24.3 Å². The summed E-state index contributed by atoms with van der Waals surface area (Å²) >= 11 is 0. The van der Waals surface area contributed by atoms with E-state index in [0.29, 0.717) is 6.04 Å². The van der Waals surface area contributed by atoms with Crippen LogP contribution >= 0.6 is 0 Å². The first-order chi connectivity index (χ1) is 8.92. The number of hydrogen-bond donors (Lipinski definition) is 2. The Labute approximate surface area is 110 Å². The van der Waals surface area contributed by atoms with Gasteiger partial charge in [-0.1, -0.05) is 24.3 Å². The Morgan fingerprint density at radius 2 is 1.83 bits per heavy atom. The minimum Gasteiger partial charge on any atom is -0.314 e. The van der Waals surface area contributed by atoms with E-state index in [-0.39, 0.29) is 0 Å². The van der Waals surface area contributed by atoms with Crippen LogP contribution in [-0.2, 0) is 6.54 Å². The molecule has 0 aliphatic carbocycles. The highest BCUT2D eigenvalue weighted by Gasteiger charge is 2.16. The first-order valence-corrected chi connectivity index (χ1v) is 7.17. The van der Waals surface area contributed by atoms with Crippen molar-refractivity contribution in [1.29, 1.82) is 0 Å². The molecule has 0 spiro atoms. The zero-order valence-corrected chi connectivity index (χ0v) is 11.0. The average Bonchev–Trinajstić information content (AvgIpc) is 2.95. The summed E-state index contributed by atoms with van der Waals surface area (Å²) in [5.41, 5.74) is 2.90. The Morgan fingerprint density at radius 1 is 1.06 bits per heavy atom. The highest BCUT2D eigenvalue weighted by Crippen LogP contribution is 2.23. The van der Waals surface area contributed by atoms with Crippen molar-refractivity contribution in [1.82, 2.24) is 15.5 Å². The highest BCUT2D eigenvalue weighted by molar-refractivity contribution is 5.25. The summed E-state index contributed by atoms with van der Waals surface area (Å²) in [5.74, 6) is 0. The van der Waals surface area contributed by atoms with E-state index in [4.69, 9.17) is 0 Å². The van der Waals surface area contributed by atoms with Gasteiger partial charge in [-0.05, 0) is 30.5 Å². The number of piperazine rings is 1. The molecule has 0 radical (unpaired) electrons. The Balaban J connectivity index is 1.59. The molecule has 0 saturated carbocycles. The van der Waals surface area contributed by atoms with Gasteiger partial charge in [0, 0.05) is 38.8 Å². The number of hydrogen-bond acceptors (Lipinski definition) is 3. The molecule has 0 amide bonds. The van der Waals surface area contributed by atoms with Gasteiger partial charge in [0.2, 0.25) is 0 Å². The molecule has 2 saturated heterocycles. The molecule has 2 heterocycles. The standard InChI is InChI=1S/C15H23N3/c1-2-15(17-7-1)14-5-3-13(4-6-14)12-18-10-8-16-9-11-18/h3-6,15-17H,1-2,7-12H2. The topological polar surface area (TPSA) is 27.3 Å². The van der Waals surface area contributed by atoms with Crippen LogP contribution < -0.4 is 10.6 Å². The van der Waals surface area contributed by atoms with E-state index in [9.17, 15) is 0 Å². The number of nitrogens with zero attached hydrogens (tertiary/aromatic N) is 1. The molecule has 2 aliphatic rings. The fourth-order valence-electron chi connectivity index (χ4n) is 2.95. The second-order valence-electron chi connectivity index (χ2n) is 5.42. The first-order valence-electron chi connectivity index (χ1n) is 7.17. The summed E-state index contributed by atoms with van der Waals surface area (Å²) in [7, 11) is 0. The molecular formula is C15H23N3. The smallest absolute Gasteiger partial charge is 0.0320 e. The lowest BCUT2D eigenvalue weighted by Gasteiger charge is -2.27. The first kappa shape index (κ1) is 12.2. The third-order valence-corrected chi connectivity index (χ3v) is 4.06. The van der Waals surface area contributed by atoms with E-state index < -0.39 is 0 Å². The zero-order valence-electron chi connectivity index (χ0n) is 11.0.